The van der Waals surface area contributed by atoms with Crippen molar-refractivity contribution in [3.8, 4) is 29.9 Å². The second-order valence-electron chi connectivity index (χ2n) is 6.87. The number of nitrogens with one attached hydrogen (secondary N) is 1. The average molecular weight is 401 g/mol. The van der Waals surface area contributed by atoms with Gasteiger partial charge >= 0.3 is 5.97 Å². The van der Waals surface area contributed by atoms with E-state index in [1.54, 1.807) is 36.4 Å². The van der Waals surface area contributed by atoms with Crippen LogP contribution < -0.4 is 5.32 Å². The normalized spacial score (nSPS) is 11.5. The molecule has 1 N–H and O–H groups in total. The van der Waals surface area contributed by atoms with E-state index in [4.69, 9.17) is 10.8 Å². The number of hydrogen-bond donors (Lipinski definition) is 1. The highest BCUT2D eigenvalue weighted by Crippen LogP contribution is 2.31. The van der Waals surface area contributed by atoms with Crippen LogP contribution in [0.25, 0.3) is 22.6 Å². The second-order valence-corrected chi connectivity index (χ2v) is 6.87. The molecule has 3 rings (SSSR count). The number of esters is 1. The van der Waals surface area contributed by atoms with Crippen molar-refractivity contribution in [2.24, 2.45) is 0 Å². The highest BCUT2D eigenvalue weighted by atomic mass is 16.5. The van der Waals surface area contributed by atoms with Gasteiger partial charge in [0.2, 0.25) is 5.89 Å². The molecule has 0 fully saturated rings. The van der Waals surface area contributed by atoms with Crippen molar-refractivity contribution >= 4 is 23.0 Å². The average Bonchev–Trinajstić information content (AvgIpc) is 3.20. The molecule has 0 aliphatic heterocycles. The van der Waals surface area contributed by atoms with Crippen molar-refractivity contribution in [1.82, 2.24) is 10.3 Å². The van der Waals surface area contributed by atoms with Gasteiger partial charge in [0.05, 0.1) is 18.7 Å². The van der Waals surface area contributed by atoms with Crippen molar-refractivity contribution in [3.63, 3.8) is 0 Å². The molecule has 0 aliphatic carbocycles. The minimum atomic E-state index is -1.16. The molecule has 30 heavy (non-hydrogen) atoms. The molecule has 0 bridgehead atoms. The van der Waals surface area contributed by atoms with Gasteiger partial charge in [-0.1, -0.05) is 19.8 Å². The number of methoxy groups -OCH3 is 1. The largest absolute Gasteiger partial charge is 0.467 e. The summed E-state index contributed by atoms with van der Waals surface area (Å²) in [5.41, 5.74) is 3.64. The third-order valence-corrected chi connectivity index (χ3v) is 4.54. The summed E-state index contributed by atoms with van der Waals surface area (Å²) in [6.45, 7) is 4.03. The van der Waals surface area contributed by atoms with E-state index < -0.39 is 17.9 Å². The van der Waals surface area contributed by atoms with E-state index in [9.17, 15) is 14.9 Å². The van der Waals surface area contributed by atoms with Crippen molar-refractivity contribution < 1.29 is 18.7 Å². The van der Waals surface area contributed by atoms with Gasteiger partial charge in [0.15, 0.2) is 11.6 Å². The zero-order valence-electron chi connectivity index (χ0n) is 16.7. The minimum Gasteiger partial charge on any atom is -0.467 e. The van der Waals surface area contributed by atoms with Gasteiger partial charge in [-0.05, 0) is 42.3 Å². The first-order valence-electron chi connectivity index (χ1n) is 9.17. The zero-order valence-corrected chi connectivity index (χ0v) is 16.7. The summed E-state index contributed by atoms with van der Waals surface area (Å²) in [6, 6.07) is 11.0. The van der Waals surface area contributed by atoms with Crippen LogP contribution in [-0.2, 0) is 9.53 Å². The first kappa shape index (κ1) is 20.6. The van der Waals surface area contributed by atoms with Crippen LogP contribution in [0.1, 0.15) is 41.3 Å². The second kappa shape index (κ2) is 8.50. The smallest absolute Gasteiger partial charge is 0.341 e. The van der Waals surface area contributed by atoms with Crippen LogP contribution in [0.2, 0.25) is 0 Å². The lowest BCUT2D eigenvalue weighted by atomic mass is 10.00. The molecule has 0 radical (unpaired) electrons. The van der Waals surface area contributed by atoms with Gasteiger partial charge in [-0.25, -0.2) is 9.78 Å². The van der Waals surface area contributed by atoms with Gasteiger partial charge in [-0.3, -0.25) is 4.79 Å². The molecule has 150 valence electrons. The molecule has 1 amide bonds. The standard InChI is InChI=1S/C23H19N3O4/c1-5-18(23(28)29-4)25-21(27)15-6-8-16(9-7-15)22-26-19-11-14(12-24)10-17(13(2)3)20(19)30-22/h1,6-11,13,18H,2-4H3,(H,25,27)/t18-/m0/s1. The summed E-state index contributed by atoms with van der Waals surface area (Å²) in [4.78, 5) is 28.4. The van der Waals surface area contributed by atoms with E-state index in [0.717, 1.165) is 5.56 Å². The summed E-state index contributed by atoms with van der Waals surface area (Å²) in [7, 11) is 1.19. The molecule has 0 aliphatic rings. The Hall–Kier alpha value is -4.10. The Morgan fingerprint density at radius 3 is 2.50 bits per heavy atom. The summed E-state index contributed by atoms with van der Waals surface area (Å²) in [6.07, 6.45) is 5.26. The monoisotopic (exact) mass is 401 g/mol. The number of fused-ring (bicyclic) bond motifs is 1. The molecule has 0 saturated heterocycles. The van der Waals surface area contributed by atoms with Crippen LogP contribution in [0.4, 0.5) is 0 Å². The van der Waals surface area contributed by atoms with Gasteiger partial charge in [0.1, 0.15) is 5.52 Å². The van der Waals surface area contributed by atoms with Crippen LogP contribution in [0.15, 0.2) is 40.8 Å². The zero-order chi connectivity index (χ0) is 21.8. The van der Waals surface area contributed by atoms with E-state index in [2.05, 4.69) is 27.0 Å². The van der Waals surface area contributed by atoms with Crippen molar-refractivity contribution in [2.45, 2.75) is 25.8 Å². The summed E-state index contributed by atoms with van der Waals surface area (Å²) in [5, 5.41) is 11.7. The molecule has 7 nitrogen and oxygen atoms in total. The van der Waals surface area contributed by atoms with E-state index in [0.29, 0.717) is 33.7 Å². The molecule has 7 heteroatoms. The number of carbonyl (C=O) groups is 2. The fourth-order valence-electron chi connectivity index (χ4n) is 2.94. The van der Waals surface area contributed by atoms with E-state index in [-0.39, 0.29) is 5.92 Å². The number of ether oxygens (including phenoxy) is 1. The number of benzene rings is 2. The fraction of sp³-hybridized carbons (Fsp3) is 0.217. The first-order valence-corrected chi connectivity index (χ1v) is 9.17. The maximum atomic E-state index is 12.3. The van der Waals surface area contributed by atoms with Crippen LogP contribution in [0, 0.1) is 23.7 Å². The highest BCUT2D eigenvalue weighted by molar-refractivity contribution is 5.98. The maximum Gasteiger partial charge on any atom is 0.341 e. The van der Waals surface area contributed by atoms with Gasteiger partial charge < -0.3 is 14.5 Å². The van der Waals surface area contributed by atoms with Gasteiger partial charge in [-0.2, -0.15) is 5.26 Å². The maximum absolute atomic E-state index is 12.3. The topological polar surface area (TPSA) is 105 Å². The lowest BCUT2D eigenvalue weighted by Gasteiger charge is -2.10. The van der Waals surface area contributed by atoms with Crippen molar-refractivity contribution in [3.05, 3.63) is 53.1 Å². The molecule has 1 heterocycles. The number of nitriles is 1. The molecule has 0 spiro atoms. The Morgan fingerprint density at radius 2 is 1.93 bits per heavy atom. The predicted molar refractivity (Wildman–Crippen MR) is 110 cm³/mol. The lowest BCUT2D eigenvalue weighted by molar-refractivity contribution is -0.141. The number of nitrogens with zero attached hydrogens (tertiary/aromatic N) is 2. The van der Waals surface area contributed by atoms with Crippen LogP contribution in [0.5, 0.6) is 0 Å². The van der Waals surface area contributed by atoms with Crippen LogP contribution >= 0.6 is 0 Å². The molecule has 1 aromatic heterocycles. The summed E-state index contributed by atoms with van der Waals surface area (Å²) < 4.78 is 10.5. The third-order valence-electron chi connectivity index (χ3n) is 4.54. The molecule has 1 atom stereocenters. The number of oxazole rings is 1. The fourth-order valence-corrected chi connectivity index (χ4v) is 2.94. The Kier molecular flexibility index (Phi) is 5.85. The Balaban J connectivity index is 1.89. The first-order chi connectivity index (χ1) is 14.4. The van der Waals surface area contributed by atoms with Gasteiger partial charge in [0.25, 0.3) is 5.91 Å². The molecule has 0 saturated carbocycles. The quantitative estimate of drug-likeness (QED) is 0.519. The molecule has 3 aromatic rings. The Labute approximate surface area is 173 Å². The molecule has 0 unspecified atom stereocenters. The summed E-state index contributed by atoms with van der Waals surface area (Å²) >= 11 is 0. The Morgan fingerprint density at radius 1 is 1.23 bits per heavy atom. The molecule has 2 aromatic carbocycles. The number of hydrogen-bond acceptors (Lipinski definition) is 6. The van der Waals surface area contributed by atoms with E-state index >= 15 is 0 Å². The van der Waals surface area contributed by atoms with Gasteiger partial charge in [-0.15, -0.1) is 6.42 Å². The van der Waals surface area contributed by atoms with Crippen LogP contribution in [-0.4, -0.2) is 30.0 Å². The minimum absolute atomic E-state index is 0.159. The number of carbonyl (C=O) groups excluding carboxylic acids is 2. The van der Waals surface area contributed by atoms with E-state index in [1.807, 2.05) is 13.8 Å². The third kappa shape index (κ3) is 4.01. The number of aromatic nitrogens is 1. The lowest BCUT2D eigenvalue weighted by Crippen LogP contribution is -2.40. The van der Waals surface area contributed by atoms with E-state index in [1.165, 1.54) is 7.11 Å². The SMILES string of the molecule is C#C[C@H](NC(=O)c1ccc(-c2nc3cc(C#N)cc(C(C)C)c3o2)cc1)C(=O)OC. The molecular formula is C23H19N3O4. The highest BCUT2D eigenvalue weighted by Gasteiger charge is 2.20. The number of terminal acetylenes is 1. The molecular weight excluding hydrogens is 382 g/mol. The number of rotatable bonds is 5. The van der Waals surface area contributed by atoms with Crippen molar-refractivity contribution in [1.29, 1.82) is 5.26 Å². The Bertz CT molecular complexity index is 1190. The number of amides is 1. The van der Waals surface area contributed by atoms with Crippen molar-refractivity contribution in [2.75, 3.05) is 7.11 Å². The van der Waals surface area contributed by atoms with Gasteiger partial charge in [0, 0.05) is 16.7 Å². The predicted octanol–water partition coefficient (Wildman–Crippen LogP) is 3.39. The summed E-state index contributed by atoms with van der Waals surface area (Å²) in [5.74, 6) is 1.49. The van der Waals surface area contributed by atoms with Crippen LogP contribution in [0.3, 0.4) is 0 Å².